The van der Waals surface area contributed by atoms with Crippen LogP contribution >= 0.6 is 0 Å². The van der Waals surface area contributed by atoms with E-state index in [9.17, 15) is 8.42 Å². The first-order valence-corrected chi connectivity index (χ1v) is 7.33. The van der Waals surface area contributed by atoms with Gasteiger partial charge in [-0.3, -0.25) is 0 Å². The summed E-state index contributed by atoms with van der Waals surface area (Å²) in [5.41, 5.74) is 0.758. The first kappa shape index (κ1) is 14.1. The number of nitrogens with one attached hydrogen (secondary N) is 3. The lowest BCUT2D eigenvalue weighted by atomic mass is 10.4. The second kappa shape index (κ2) is 6.73. The van der Waals surface area contributed by atoms with Crippen LogP contribution in [0, 0.1) is 0 Å². The van der Waals surface area contributed by atoms with Crippen molar-refractivity contribution < 1.29 is 8.42 Å². The van der Waals surface area contributed by atoms with E-state index in [2.05, 4.69) is 20.0 Å². The third-order valence-electron chi connectivity index (χ3n) is 2.18. The Morgan fingerprint density at radius 2 is 2.24 bits per heavy atom. The van der Waals surface area contributed by atoms with Gasteiger partial charge in [-0.05, 0) is 13.0 Å². The first-order chi connectivity index (χ1) is 7.99. The van der Waals surface area contributed by atoms with Crippen molar-refractivity contribution in [2.75, 3.05) is 12.3 Å². The number of imidazole rings is 1. The van der Waals surface area contributed by atoms with Crippen molar-refractivity contribution in [2.24, 2.45) is 0 Å². The number of nitrogens with zero attached hydrogens (tertiary/aromatic N) is 1. The first-order valence-electron chi connectivity index (χ1n) is 5.67. The van der Waals surface area contributed by atoms with Gasteiger partial charge in [-0.15, -0.1) is 0 Å². The Bertz CT molecular complexity index is 400. The predicted octanol–water partition coefficient (Wildman–Crippen LogP) is 0.217. The summed E-state index contributed by atoms with van der Waals surface area (Å²) in [7, 11) is -3.19. The normalized spacial score (nSPS) is 12.2. The van der Waals surface area contributed by atoms with Gasteiger partial charge in [0, 0.05) is 17.9 Å². The van der Waals surface area contributed by atoms with E-state index in [0.29, 0.717) is 19.0 Å². The van der Waals surface area contributed by atoms with Crippen LogP contribution in [-0.2, 0) is 16.6 Å². The summed E-state index contributed by atoms with van der Waals surface area (Å²) in [5.74, 6) is 0.140. The van der Waals surface area contributed by atoms with Gasteiger partial charge < -0.3 is 10.3 Å². The van der Waals surface area contributed by atoms with Crippen LogP contribution in [-0.4, -0.2) is 36.7 Å². The number of sulfonamides is 1. The molecule has 0 radical (unpaired) electrons. The van der Waals surface area contributed by atoms with Crippen molar-refractivity contribution in [1.82, 2.24) is 20.0 Å². The lowest BCUT2D eigenvalue weighted by molar-refractivity contribution is 0.560. The maximum Gasteiger partial charge on any atom is 0.211 e. The Hall–Kier alpha value is -0.920. The molecular formula is C10H20N4O2S. The summed E-state index contributed by atoms with van der Waals surface area (Å²) in [5, 5.41) is 3.18. The molecule has 0 aromatic carbocycles. The molecule has 98 valence electrons. The molecule has 1 aromatic heterocycles. The van der Waals surface area contributed by atoms with Gasteiger partial charge in [0.05, 0.1) is 18.6 Å². The van der Waals surface area contributed by atoms with E-state index in [4.69, 9.17) is 0 Å². The number of hydrogen-bond donors (Lipinski definition) is 3. The van der Waals surface area contributed by atoms with E-state index >= 15 is 0 Å². The fourth-order valence-electron chi connectivity index (χ4n) is 1.29. The minimum absolute atomic E-state index is 0.140. The maximum atomic E-state index is 11.6. The molecule has 0 amide bonds. The molecule has 0 atom stereocenters. The highest BCUT2D eigenvalue weighted by Crippen LogP contribution is 1.94. The highest BCUT2D eigenvalue weighted by molar-refractivity contribution is 7.89. The molecule has 1 aromatic rings. The second-order valence-corrected chi connectivity index (χ2v) is 6.11. The Morgan fingerprint density at radius 3 is 2.82 bits per heavy atom. The van der Waals surface area contributed by atoms with Gasteiger partial charge in [0.2, 0.25) is 10.0 Å². The molecule has 0 aliphatic rings. The molecule has 3 N–H and O–H groups in total. The van der Waals surface area contributed by atoms with Crippen molar-refractivity contribution in [2.45, 2.75) is 32.9 Å². The van der Waals surface area contributed by atoms with E-state index in [1.165, 1.54) is 6.33 Å². The van der Waals surface area contributed by atoms with Crippen molar-refractivity contribution in [3.8, 4) is 0 Å². The van der Waals surface area contributed by atoms with Crippen LogP contribution in [0.5, 0.6) is 0 Å². The lowest BCUT2D eigenvalue weighted by Crippen LogP contribution is -2.29. The molecule has 7 heteroatoms. The van der Waals surface area contributed by atoms with E-state index in [0.717, 1.165) is 5.69 Å². The van der Waals surface area contributed by atoms with Crippen LogP contribution in [0.25, 0.3) is 0 Å². The summed E-state index contributed by atoms with van der Waals surface area (Å²) in [6, 6.07) is 0.385. The minimum atomic E-state index is -3.19. The summed E-state index contributed by atoms with van der Waals surface area (Å²) < 4.78 is 25.7. The van der Waals surface area contributed by atoms with Crippen molar-refractivity contribution >= 4 is 10.0 Å². The average molecular weight is 260 g/mol. The third kappa shape index (κ3) is 6.40. The van der Waals surface area contributed by atoms with Gasteiger partial charge >= 0.3 is 0 Å². The van der Waals surface area contributed by atoms with Crippen LogP contribution in [0.15, 0.2) is 12.5 Å². The highest BCUT2D eigenvalue weighted by Gasteiger charge is 2.09. The number of hydrogen-bond acceptors (Lipinski definition) is 4. The summed E-state index contributed by atoms with van der Waals surface area (Å²) in [6.45, 7) is 5.04. The zero-order valence-corrected chi connectivity index (χ0v) is 11.0. The monoisotopic (exact) mass is 260 g/mol. The molecule has 0 unspecified atom stereocenters. The van der Waals surface area contributed by atoms with Crippen LogP contribution < -0.4 is 10.0 Å². The smallest absolute Gasteiger partial charge is 0.211 e. The summed E-state index contributed by atoms with van der Waals surface area (Å²) in [6.07, 6.45) is 3.73. The molecule has 0 saturated carbocycles. The average Bonchev–Trinajstić information content (AvgIpc) is 2.74. The zero-order valence-electron chi connectivity index (χ0n) is 10.2. The number of aromatic amines is 1. The van der Waals surface area contributed by atoms with Gasteiger partial charge in [0.1, 0.15) is 0 Å². The van der Waals surface area contributed by atoms with E-state index in [-0.39, 0.29) is 12.3 Å². The van der Waals surface area contributed by atoms with Crippen molar-refractivity contribution in [3.05, 3.63) is 18.2 Å². The molecule has 0 fully saturated rings. The van der Waals surface area contributed by atoms with Gasteiger partial charge in [0.15, 0.2) is 0 Å². The molecule has 0 saturated heterocycles. The lowest BCUT2D eigenvalue weighted by Gasteiger charge is -2.08. The van der Waals surface area contributed by atoms with Crippen LogP contribution in [0.3, 0.4) is 0 Å². The Labute approximate surface area is 102 Å². The summed E-state index contributed by atoms with van der Waals surface area (Å²) >= 11 is 0. The fraction of sp³-hybridized carbons (Fsp3) is 0.700. The number of aromatic nitrogens is 2. The summed E-state index contributed by atoms with van der Waals surface area (Å²) in [4.78, 5) is 6.66. The van der Waals surface area contributed by atoms with Crippen LogP contribution in [0.2, 0.25) is 0 Å². The van der Waals surface area contributed by atoms with Gasteiger partial charge in [0.25, 0.3) is 0 Å². The maximum absolute atomic E-state index is 11.6. The molecule has 0 aliphatic carbocycles. The predicted molar refractivity (Wildman–Crippen MR) is 67.0 cm³/mol. The molecule has 6 nitrogen and oxygen atoms in total. The van der Waals surface area contributed by atoms with Crippen molar-refractivity contribution in [1.29, 1.82) is 0 Å². The van der Waals surface area contributed by atoms with Crippen LogP contribution in [0.1, 0.15) is 26.0 Å². The number of rotatable bonds is 8. The molecule has 1 rings (SSSR count). The third-order valence-corrected chi connectivity index (χ3v) is 3.59. The standard InChI is InChI=1S/C10H20N4O2S/c1-9(2)12-4-3-5-17(15,16)14-7-10-6-11-8-13-10/h6,8-9,12,14H,3-5,7H2,1-2H3,(H,11,13). The Morgan fingerprint density at radius 1 is 1.47 bits per heavy atom. The zero-order chi connectivity index (χ0) is 12.7. The fourth-order valence-corrected chi connectivity index (χ4v) is 2.34. The Balaban J connectivity index is 2.22. The van der Waals surface area contributed by atoms with Gasteiger partial charge in [-0.1, -0.05) is 13.8 Å². The second-order valence-electron chi connectivity index (χ2n) is 4.18. The SMILES string of the molecule is CC(C)NCCCS(=O)(=O)NCc1cnc[nH]1. The number of H-pyrrole nitrogens is 1. The largest absolute Gasteiger partial charge is 0.347 e. The van der Waals surface area contributed by atoms with Gasteiger partial charge in [-0.25, -0.2) is 18.1 Å². The quantitative estimate of drug-likeness (QED) is 0.583. The Kier molecular flexibility index (Phi) is 5.60. The van der Waals surface area contributed by atoms with E-state index in [1.54, 1.807) is 6.20 Å². The van der Waals surface area contributed by atoms with E-state index < -0.39 is 10.0 Å². The van der Waals surface area contributed by atoms with Crippen molar-refractivity contribution in [3.63, 3.8) is 0 Å². The molecule has 1 heterocycles. The molecular weight excluding hydrogens is 240 g/mol. The minimum Gasteiger partial charge on any atom is -0.347 e. The van der Waals surface area contributed by atoms with E-state index in [1.807, 2.05) is 13.8 Å². The van der Waals surface area contributed by atoms with Crippen LogP contribution in [0.4, 0.5) is 0 Å². The highest BCUT2D eigenvalue weighted by atomic mass is 32.2. The molecule has 17 heavy (non-hydrogen) atoms. The van der Waals surface area contributed by atoms with Gasteiger partial charge in [-0.2, -0.15) is 0 Å². The molecule has 0 aliphatic heterocycles. The topological polar surface area (TPSA) is 86.9 Å². The molecule has 0 spiro atoms. The molecule has 0 bridgehead atoms.